The Morgan fingerprint density at radius 2 is 2.12 bits per heavy atom. The first-order chi connectivity index (χ1) is 11.9. The number of nitrogens with one attached hydrogen (secondary N) is 1. The minimum absolute atomic E-state index is 0.303. The van der Waals surface area contributed by atoms with E-state index in [-0.39, 0.29) is 5.91 Å². The Balaban J connectivity index is 2.33. The highest BCUT2D eigenvalue weighted by atomic mass is 35.5. The average molecular weight is 379 g/mol. The molecule has 0 atom stereocenters. The molecule has 1 heterocycles. The highest BCUT2D eigenvalue weighted by Crippen LogP contribution is 2.37. The molecule has 2 aromatic rings. The van der Waals surface area contributed by atoms with E-state index in [0.717, 1.165) is 16.9 Å². The summed E-state index contributed by atoms with van der Waals surface area (Å²) in [6.07, 6.45) is 0.829. The molecule has 0 bridgehead atoms. The molecular weight excluding hydrogens is 360 g/mol. The predicted molar refractivity (Wildman–Crippen MR) is 100 cm³/mol. The van der Waals surface area contributed by atoms with Gasteiger partial charge in [-0.05, 0) is 38.0 Å². The van der Waals surface area contributed by atoms with Crippen molar-refractivity contribution < 1.29 is 14.3 Å². The van der Waals surface area contributed by atoms with Crippen molar-refractivity contribution in [3.05, 3.63) is 38.7 Å². The van der Waals surface area contributed by atoms with Gasteiger partial charge in [0.25, 0.3) is 5.91 Å². The highest BCUT2D eigenvalue weighted by Gasteiger charge is 2.19. The number of amides is 1. The van der Waals surface area contributed by atoms with Crippen molar-refractivity contribution in [3.8, 4) is 17.6 Å². The summed E-state index contributed by atoms with van der Waals surface area (Å²) in [5.74, 6) is 0.452. The van der Waals surface area contributed by atoms with Crippen LogP contribution in [0.5, 0.6) is 11.5 Å². The van der Waals surface area contributed by atoms with Gasteiger partial charge in [0.05, 0.1) is 24.3 Å². The van der Waals surface area contributed by atoms with Crippen LogP contribution in [-0.2, 0) is 0 Å². The van der Waals surface area contributed by atoms with Crippen LogP contribution in [0.15, 0.2) is 12.1 Å². The summed E-state index contributed by atoms with van der Waals surface area (Å²) in [4.78, 5) is 13.6. The molecule has 0 saturated heterocycles. The molecule has 25 heavy (non-hydrogen) atoms. The van der Waals surface area contributed by atoms with E-state index < -0.39 is 0 Å². The van der Waals surface area contributed by atoms with Crippen molar-refractivity contribution in [2.75, 3.05) is 19.0 Å². The molecular formula is C18H19ClN2O3S. The van der Waals surface area contributed by atoms with Gasteiger partial charge in [-0.15, -0.1) is 11.3 Å². The van der Waals surface area contributed by atoms with Crippen LogP contribution in [0.1, 0.15) is 39.7 Å². The van der Waals surface area contributed by atoms with E-state index in [1.54, 1.807) is 6.07 Å². The number of halogens is 1. The van der Waals surface area contributed by atoms with Gasteiger partial charge in [0.2, 0.25) is 0 Å². The van der Waals surface area contributed by atoms with Gasteiger partial charge in [0, 0.05) is 10.4 Å². The number of benzene rings is 1. The van der Waals surface area contributed by atoms with Gasteiger partial charge in [-0.2, -0.15) is 5.26 Å². The van der Waals surface area contributed by atoms with E-state index in [4.69, 9.17) is 21.1 Å². The van der Waals surface area contributed by atoms with Crippen LogP contribution in [0.25, 0.3) is 0 Å². The molecule has 7 heteroatoms. The topological polar surface area (TPSA) is 71.3 Å². The third-order valence-corrected chi connectivity index (χ3v) is 5.07. The zero-order valence-corrected chi connectivity index (χ0v) is 16.1. The van der Waals surface area contributed by atoms with Gasteiger partial charge < -0.3 is 14.8 Å². The normalized spacial score (nSPS) is 10.2. The second-order valence-corrected chi connectivity index (χ2v) is 7.02. The Morgan fingerprint density at radius 1 is 1.40 bits per heavy atom. The van der Waals surface area contributed by atoms with Crippen molar-refractivity contribution >= 4 is 33.8 Å². The van der Waals surface area contributed by atoms with E-state index in [2.05, 4.69) is 11.4 Å². The van der Waals surface area contributed by atoms with Crippen LogP contribution >= 0.6 is 22.9 Å². The number of carbonyl (C=O) groups is 1. The van der Waals surface area contributed by atoms with E-state index in [1.807, 2.05) is 20.8 Å². The van der Waals surface area contributed by atoms with Gasteiger partial charge in [0.15, 0.2) is 11.5 Å². The second kappa shape index (κ2) is 8.24. The maximum Gasteiger partial charge on any atom is 0.256 e. The van der Waals surface area contributed by atoms with Crippen molar-refractivity contribution in [1.82, 2.24) is 0 Å². The standard InChI is InChI=1S/C18H19ClN2O3S/c1-5-6-24-16-14(19)7-12(8-15(16)23-4)17(22)21-18-13(9-20)10(2)11(3)25-18/h7-8H,5-6H2,1-4H3,(H,21,22). The molecule has 0 aliphatic heterocycles. The monoisotopic (exact) mass is 378 g/mol. The van der Waals surface area contributed by atoms with Crippen LogP contribution in [0.2, 0.25) is 5.02 Å². The third-order valence-electron chi connectivity index (χ3n) is 3.67. The predicted octanol–water partition coefficient (Wildman–Crippen LogP) is 4.94. The summed E-state index contributed by atoms with van der Waals surface area (Å²) in [5.41, 5.74) is 1.69. The summed E-state index contributed by atoms with van der Waals surface area (Å²) < 4.78 is 10.9. The largest absolute Gasteiger partial charge is 0.493 e. The molecule has 2 rings (SSSR count). The van der Waals surface area contributed by atoms with Crippen molar-refractivity contribution in [3.63, 3.8) is 0 Å². The van der Waals surface area contributed by atoms with Crippen LogP contribution in [0.3, 0.4) is 0 Å². The SMILES string of the molecule is CCCOc1c(Cl)cc(C(=O)Nc2sc(C)c(C)c2C#N)cc1OC. The molecule has 132 valence electrons. The second-order valence-electron chi connectivity index (χ2n) is 5.39. The molecule has 5 nitrogen and oxygen atoms in total. The number of thiophene rings is 1. The summed E-state index contributed by atoms with van der Waals surface area (Å²) in [7, 11) is 1.49. The molecule has 0 aliphatic rings. The molecule has 1 N–H and O–H groups in total. The summed E-state index contributed by atoms with van der Waals surface area (Å²) >= 11 is 7.62. The lowest BCUT2D eigenvalue weighted by Gasteiger charge is -2.13. The molecule has 1 amide bonds. The van der Waals surface area contributed by atoms with Gasteiger partial charge in [-0.1, -0.05) is 18.5 Å². The lowest BCUT2D eigenvalue weighted by atomic mass is 10.1. The zero-order chi connectivity index (χ0) is 18.6. The number of nitriles is 1. The van der Waals surface area contributed by atoms with Gasteiger partial charge in [-0.3, -0.25) is 4.79 Å². The number of anilines is 1. The number of hydrogen-bond donors (Lipinski definition) is 1. The Bertz CT molecular complexity index is 840. The lowest BCUT2D eigenvalue weighted by molar-refractivity contribution is 0.102. The van der Waals surface area contributed by atoms with Gasteiger partial charge >= 0.3 is 0 Å². The number of nitrogens with zero attached hydrogens (tertiary/aromatic N) is 1. The number of carbonyl (C=O) groups excluding carboxylic acids is 1. The molecule has 0 spiro atoms. The van der Waals surface area contributed by atoms with Crippen molar-refractivity contribution in [1.29, 1.82) is 5.26 Å². The Labute approximate surface area is 156 Å². The molecule has 1 aromatic carbocycles. The minimum Gasteiger partial charge on any atom is -0.493 e. The smallest absolute Gasteiger partial charge is 0.256 e. The molecule has 0 radical (unpaired) electrons. The van der Waals surface area contributed by atoms with Crippen molar-refractivity contribution in [2.45, 2.75) is 27.2 Å². The van der Waals surface area contributed by atoms with E-state index in [1.165, 1.54) is 24.5 Å². The Kier molecular flexibility index (Phi) is 6.29. The first-order valence-electron chi connectivity index (χ1n) is 7.74. The van der Waals surface area contributed by atoms with Crippen LogP contribution < -0.4 is 14.8 Å². The van der Waals surface area contributed by atoms with Gasteiger partial charge in [0.1, 0.15) is 11.1 Å². The van der Waals surface area contributed by atoms with Gasteiger partial charge in [-0.25, -0.2) is 0 Å². The fourth-order valence-electron chi connectivity index (χ4n) is 2.22. The number of rotatable bonds is 6. The van der Waals surface area contributed by atoms with E-state index in [0.29, 0.717) is 39.3 Å². The van der Waals surface area contributed by atoms with E-state index in [9.17, 15) is 10.1 Å². The fraction of sp³-hybridized carbons (Fsp3) is 0.333. The van der Waals surface area contributed by atoms with Crippen LogP contribution in [0, 0.1) is 25.2 Å². The van der Waals surface area contributed by atoms with Crippen molar-refractivity contribution in [2.24, 2.45) is 0 Å². The van der Waals surface area contributed by atoms with E-state index >= 15 is 0 Å². The third kappa shape index (κ3) is 4.06. The number of aryl methyl sites for hydroxylation is 1. The highest BCUT2D eigenvalue weighted by molar-refractivity contribution is 7.16. The molecule has 1 aromatic heterocycles. The fourth-order valence-corrected chi connectivity index (χ4v) is 3.49. The quantitative estimate of drug-likeness (QED) is 0.772. The number of hydrogen-bond acceptors (Lipinski definition) is 5. The lowest BCUT2D eigenvalue weighted by Crippen LogP contribution is -2.12. The van der Waals surface area contributed by atoms with Crippen LogP contribution in [0.4, 0.5) is 5.00 Å². The summed E-state index contributed by atoms with van der Waals surface area (Å²) in [5, 5.41) is 12.9. The summed E-state index contributed by atoms with van der Waals surface area (Å²) in [6, 6.07) is 5.24. The molecule has 0 fully saturated rings. The first-order valence-corrected chi connectivity index (χ1v) is 8.94. The Hall–Kier alpha value is -2.23. The zero-order valence-electron chi connectivity index (χ0n) is 14.5. The summed E-state index contributed by atoms with van der Waals surface area (Å²) in [6.45, 7) is 6.26. The van der Waals surface area contributed by atoms with Crippen LogP contribution in [-0.4, -0.2) is 19.6 Å². The molecule has 0 aliphatic carbocycles. The Morgan fingerprint density at radius 3 is 2.72 bits per heavy atom. The first kappa shape index (κ1) is 19.1. The maximum atomic E-state index is 12.6. The molecule has 0 unspecified atom stereocenters. The average Bonchev–Trinajstić information content (AvgIpc) is 2.86. The molecule has 0 saturated carbocycles. The number of methoxy groups -OCH3 is 1. The maximum absolute atomic E-state index is 12.6. The number of ether oxygens (including phenoxy) is 2. The minimum atomic E-state index is -0.361.